The summed E-state index contributed by atoms with van der Waals surface area (Å²) in [6.45, 7) is 9.04. The largest absolute Gasteiger partial charge is 0.501 e. The molecule has 0 aliphatic carbocycles. The smallest absolute Gasteiger partial charge is 0.121 e. The summed E-state index contributed by atoms with van der Waals surface area (Å²) < 4.78 is 7.98. The molecule has 0 saturated carbocycles. The van der Waals surface area contributed by atoms with Crippen molar-refractivity contribution in [3.05, 3.63) is 163 Å². The van der Waals surface area contributed by atoms with Crippen LogP contribution in [0, 0.1) is 24.0 Å². The van der Waals surface area contributed by atoms with Gasteiger partial charge in [-0.05, 0) is 52.4 Å². The van der Waals surface area contributed by atoms with E-state index in [0.29, 0.717) is 11.8 Å². The van der Waals surface area contributed by atoms with Crippen LogP contribution in [0.2, 0.25) is 17.3 Å². The SMILES string of the molecule is CC(C)Cc1cc(-c2[c-]cccc2)nc[c]1[Ge]([CH3])([CH3])[CH3].CC(C)Cc1ccnc(-c2[c-]ccc3c2oc2cc(-c4ccc(-c5ccccc5)cc4)ccc23)c1.[Ir]. The summed E-state index contributed by atoms with van der Waals surface area (Å²) in [7, 11) is 0. The predicted molar refractivity (Wildman–Crippen MR) is 235 cm³/mol. The third-order valence-corrected chi connectivity index (χ3v) is 14.2. The van der Waals surface area contributed by atoms with Gasteiger partial charge in [-0.25, -0.2) is 0 Å². The van der Waals surface area contributed by atoms with Crippen LogP contribution >= 0.6 is 0 Å². The average Bonchev–Trinajstić information content (AvgIpc) is 3.56. The number of pyridine rings is 2. The minimum atomic E-state index is -1.86. The van der Waals surface area contributed by atoms with Crippen LogP contribution in [0.4, 0.5) is 0 Å². The Kier molecular flexibility index (Phi) is 13.3. The van der Waals surface area contributed by atoms with Gasteiger partial charge in [0.25, 0.3) is 0 Å². The quantitative estimate of drug-likeness (QED) is 0.107. The topological polar surface area (TPSA) is 38.9 Å². The van der Waals surface area contributed by atoms with Crippen LogP contribution in [0.15, 0.2) is 144 Å². The third-order valence-electron chi connectivity index (χ3n) is 9.89. The zero-order valence-electron chi connectivity index (χ0n) is 33.5. The second-order valence-electron chi connectivity index (χ2n) is 16.4. The number of hydrogen-bond donors (Lipinski definition) is 0. The Labute approximate surface area is 349 Å². The monoisotopic (exact) mass is 973 g/mol. The summed E-state index contributed by atoms with van der Waals surface area (Å²) in [6.07, 6.45) is 6.19. The van der Waals surface area contributed by atoms with Crippen molar-refractivity contribution in [2.75, 3.05) is 0 Å². The molecule has 0 unspecified atom stereocenters. The molecule has 0 aliphatic heterocycles. The molecule has 8 rings (SSSR count). The molecular formula is C51H50GeIrN2O-2. The van der Waals surface area contributed by atoms with Crippen LogP contribution < -0.4 is 4.40 Å². The van der Waals surface area contributed by atoms with Crippen molar-refractivity contribution in [1.82, 2.24) is 9.97 Å². The van der Waals surface area contributed by atoms with E-state index < -0.39 is 13.3 Å². The molecule has 285 valence electrons. The maximum Gasteiger partial charge on any atom is 0.121 e. The molecule has 0 amide bonds. The van der Waals surface area contributed by atoms with E-state index in [1.165, 1.54) is 27.8 Å². The van der Waals surface area contributed by atoms with Crippen molar-refractivity contribution >= 4 is 39.6 Å². The predicted octanol–water partition coefficient (Wildman–Crippen LogP) is 13.3. The van der Waals surface area contributed by atoms with E-state index in [4.69, 9.17) is 9.40 Å². The summed E-state index contributed by atoms with van der Waals surface area (Å²) in [6, 6.07) is 51.0. The summed E-state index contributed by atoms with van der Waals surface area (Å²) in [4.78, 5) is 9.34. The number of nitrogens with zero attached hydrogens (tertiary/aromatic N) is 2. The first-order valence-electron chi connectivity index (χ1n) is 19.5. The fourth-order valence-electron chi connectivity index (χ4n) is 7.29. The van der Waals surface area contributed by atoms with Gasteiger partial charge in [-0.15, -0.1) is 18.2 Å². The fraction of sp³-hybridized carbons (Fsp3) is 0.216. The molecule has 1 radical (unpaired) electrons. The number of rotatable bonds is 9. The van der Waals surface area contributed by atoms with Crippen molar-refractivity contribution in [3.8, 4) is 44.8 Å². The molecule has 3 heterocycles. The standard InChI is InChI=1S/C33H26NO.C18H24GeN.Ir/c1-22(2)19-23-17-18-34-31(20-23)30-10-6-9-29-28-16-15-27(21-32(28)35-33(29)30)26-13-11-25(12-14-26)24-7-4-3-5-8-24;1-14(2)11-16-12-18(15-9-7-6-8-10-15)20-13-17(16)19(3,4)5;/h3-9,11-18,20-22H,19H2,1-2H3;6-9,12-14H,11H2,1-5H3;/q2*-1;. The molecule has 3 nitrogen and oxygen atoms in total. The minimum Gasteiger partial charge on any atom is -0.501 e. The number of hydrogen-bond acceptors (Lipinski definition) is 3. The van der Waals surface area contributed by atoms with Crippen molar-refractivity contribution in [3.63, 3.8) is 0 Å². The average molecular weight is 972 g/mol. The van der Waals surface area contributed by atoms with Crippen LogP contribution in [0.5, 0.6) is 0 Å². The molecule has 5 aromatic carbocycles. The van der Waals surface area contributed by atoms with E-state index in [1.807, 2.05) is 36.5 Å². The van der Waals surface area contributed by atoms with Crippen molar-refractivity contribution in [2.24, 2.45) is 11.8 Å². The van der Waals surface area contributed by atoms with E-state index in [-0.39, 0.29) is 20.1 Å². The van der Waals surface area contributed by atoms with E-state index >= 15 is 0 Å². The minimum absolute atomic E-state index is 0. The Morgan fingerprint density at radius 1 is 0.607 bits per heavy atom. The van der Waals surface area contributed by atoms with E-state index in [2.05, 4.69) is 165 Å². The maximum absolute atomic E-state index is 6.44. The van der Waals surface area contributed by atoms with Crippen molar-refractivity contribution in [2.45, 2.75) is 57.8 Å². The van der Waals surface area contributed by atoms with Gasteiger partial charge in [0.15, 0.2) is 0 Å². The number of fused-ring (bicyclic) bond motifs is 3. The number of benzene rings is 5. The summed E-state index contributed by atoms with van der Waals surface area (Å²) in [5, 5.41) is 2.20. The molecule has 8 aromatic rings. The van der Waals surface area contributed by atoms with Gasteiger partial charge in [0.05, 0.1) is 5.58 Å². The molecule has 0 fully saturated rings. The van der Waals surface area contributed by atoms with E-state index in [9.17, 15) is 0 Å². The van der Waals surface area contributed by atoms with Gasteiger partial charge < -0.3 is 9.40 Å². The van der Waals surface area contributed by atoms with Gasteiger partial charge in [0, 0.05) is 31.7 Å². The summed E-state index contributed by atoms with van der Waals surface area (Å²) in [5.41, 5.74) is 13.2. The molecule has 0 aliphatic rings. The third kappa shape index (κ3) is 9.67. The van der Waals surface area contributed by atoms with Crippen molar-refractivity contribution < 1.29 is 24.5 Å². The van der Waals surface area contributed by atoms with E-state index in [1.54, 1.807) is 4.40 Å². The van der Waals surface area contributed by atoms with Crippen LogP contribution in [0.1, 0.15) is 38.8 Å². The molecular weight excluding hydrogens is 921 g/mol. The molecule has 0 atom stereocenters. The molecule has 0 bridgehead atoms. The maximum atomic E-state index is 6.44. The number of furan rings is 1. The van der Waals surface area contributed by atoms with Crippen LogP contribution in [-0.2, 0) is 32.9 Å². The Morgan fingerprint density at radius 3 is 1.96 bits per heavy atom. The first-order chi connectivity index (χ1) is 26.5. The van der Waals surface area contributed by atoms with Crippen LogP contribution in [0.3, 0.4) is 0 Å². The Bertz CT molecular complexity index is 2520. The Hall–Kier alpha value is -4.61. The van der Waals surface area contributed by atoms with Crippen LogP contribution in [-0.4, -0.2) is 23.2 Å². The molecule has 3 aromatic heterocycles. The summed E-state index contributed by atoms with van der Waals surface area (Å²) in [5.74, 6) is 8.59. The molecule has 0 spiro atoms. The van der Waals surface area contributed by atoms with E-state index in [0.717, 1.165) is 62.9 Å². The zero-order chi connectivity index (χ0) is 38.5. The Morgan fingerprint density at radius 2 is 1.29 bits per heavy atom. The van der Waals surface area contributed by atoms with Gasteiger partial charge in [-0.1, -0.05) is 103 Å². The molecule has 0 N–H and O–H groups in total. The fourth-order valence-corrected chi connectivity index (χ4v) is 10.6. The zero-order valence-corrected chi connectivity index (χ0v) is 38.0. The second-order valence-corrected chi connectivity index (χ2v) is 26.9. The number of aromatic nitrogens is 2. The molecule has 5 heteroatoms. The Balaban J connectivity index is 0.000000217. The normalized spacial score (nSPS) is 11.4. The first kappa shape index (κ1) is 41.0. The van der Waals surface area contributed by atoms with Gasteiger partial charge in [-0.2, -0.15) is 0 Å². The molecule has 56 heavy (non-hydrogen) atoms. The van der Waals surface area contributed by atoms with Gasteiger partial charge in [0.2, 0.25) is 0 Å². The van der Waals surface area contributed by atoms with Gasteiger partial charge in [0.1, 0.15) is 5.58 Å². The van der Waals surface area contributed by atoms with Gasteiger partial charge >= 0.3 is 126 Å². The van der Waals surface area contributed by atoms with Gasteiger partial charge in [-0.3, -0.25) is 0 Å². The van der Waals surface area contributed by atoms with Crippen LogP contribution in [0.25, 0.3) is 66.7 Å². The van der Waals surface area contributed by atoms with Crippen molar-refractivity contribution in [1.29, 1.82) is 0 Å². The first-order valence-corrected chi connectivity index (χ1v) is 26.8. The summed E-state index contributed by atoms with van der Waals surface area (Å²) >= 11 is -1.86. The second kappa shape index (κ2) is 18.1. The molecule has 0 saturated heterocycles.